The predicted molar refractivity (Wildman–Crippen MR) is 232 cm³/mol. The summed E-state index contributed by atoms with van der Waals surface area (Å²) in [4.78, 5) is 65.6. The molecule has 0 saturated heterocycles. The zero-order valence-corrected chi connectivity index (χ0v) is 36.1. The maximum absolute atomic E-state index is 14.1. The van der Waals surface area contributed by atoms with E-state index in [1.165, 1.54) is 14.2 Å². The number of ketones is 2. The van der Waals surface area contributed by atoms with Gasteiger partial charge in [0.25, 0.3) is 0 Å². The molecule has 2 saturated carbocycles. The van der Waals surface area contributed by atoms with Crippen molar-refractivity contribution in [3.05, 3.63) is 65.6 Å². The summed E-state index contributed by atoms with van der Waals surface area (Å²) < 4.78 is 22.2. The number of carbonyl (C=O) groups is 4. The number of H-pyrrole nitrogens is 1. The summed E-state index contributed by atoms with van der Waals surface area (Å²) in [5.41, 5.74) is 8.07. The fraction of sp³-hybridized carbons (Fsp3) is 0.500. The number of carbonyl (C=O) groups excluding carboxylic acids is 4. The zero-order chi connectivity index (χ0) is 43.1. The number of aromatic amines is 1. The van der Waals surface area contributed by atoms with Gasteiger partial charge < -0.3 is 34.6 Å². The quantitative estimate of drug-likeness (QED) is 0.119. The number of hydrogen-bond acceptors (Lipinski definition) is 10. The van der Waals surface area contributed by atoms with Gasteiger partial charge in [0.1, 0.15) is 18.2 Å². The molecule has 4 aromatic rings. The van der Waals surface area contributed by atoms with Gasteiger partial charge in [-0.1, -0.05) is 52.3 Å². The third-order valence-corrected chi connectivity index (χ3v) is 13.3. The number of benzene rings is 3. The highest BCUT2D eigenvalue weighted by atomic mass is 16.5. The van der Waals surface area contributed by atoms with Crippen LogP contribution >= 0.6 is 0 Å². The van der Waals surface area contributed by atoms with Crippen LogP contribution in [-0.4, -0.2) is 78.4 Å². The zero-order valence-electron chi connectivity index (χ0n) is 36.1. The Bertz CT molecular complexity index is 2380. The number of ether oxygens (including phenoxy) is 4. The van der Waals surface area contributed by atoms with Crippen LogP contribution in [0.25, 0.3) is 33.2 Å². The van der Waals surface area contributed by atoms with Gasteiger partial charge >= 0.3 is 12.2 Å². The Morgan fingerprint density at radius 1 is 0.852 bits per heavy atom. The molecule has 61 heavy (non-hydrogen) atoms. The third kappa shape index (κ3) is 8.16. The molecule has 2 unspecified atom stereocenters. The first kappa shape index (κ1) is 42.1. The van der Waals surface area contributed by atoms with E-state index in [9.17, 15) is 19.2 Å². The van der Waals surface area contributed by atoms with Gasteiger partial charge in [-0.25, -0.2) is 14.6 Å². The predicted octanol–water partition coefficient (Wildman–Crippen LogP) is 8.63. The molecule has 0 radical (unpaired) electrons. The summed E-state index contributed by atoms with van der Waals surface area (Å²) >= 11 is 0. The van der Waals surface area contributed by atoms with Crippen LogP contribution in [-0.2, 0) is 36.8 Å². The number of nitrogens with zero attached hydrogens (tertiary/aromatic N) is 2. The highest BCUT2D eigenvalue weighted by molar-refractivity contribution is 6.06. The maximum atomic E-state index is 14.1. The number of aromatic nitrogens is 2. The lowest BCUT2D eigenvalue weighted by Crippen LogP contribution is -2.48. The number of alkyl carbamates (subject to hydrolysis) is 2. The molecule has 1 aromatic heterocycles. The van der Waals surface area contributed by atoms with Crippen molar-refractivity contribution in [3.63, 3.8) is 0 Å². The fourth-order valence-electron chi connectivity index (χ4n) is 10.2. The smallest absolute Gasteiger partial charge is 0.407 e. The van der Waals surface area contributed by atoms with E-state index < -0.39 is 24.3 Å². The second kappa shape index (κ2) is 17.4. The Kier molecular flexibility index (Phi) is 12.0. The van der Waals surface area contributed by atoms with Crippen LogP contribution in [0.2, 0.25) is 0 Å². The summed E-state index contributed by atoms with van der Waals surface area (Å²) in [7, 11) is 2.61. The average Bonchev–Trinajstić information content (AvgIpc) is 4.09. The van der Waals surface area contributed by atoms with Crippen molar-refractivity contribution in [2.45, 2.75) is 104 Å². The van der Waals surface area contributed by atoms with Crippen molar-refractivity contribution in [3.8, 4) is 28.1 Å². The first-order valence-corrected chi connectivity index (χ1v) is 21.7. The molecule has 4 aliphatic rings. The van der Waals surface area contributed by atoms with Crippen molar-refractivity contribution in [1.29, 1.82) is 0 Å². The molecular weight excluding hydrogens is 775 g/mol. The van der Waals surface area contributed by atoms with Crippen molar-refractivity contribution >= 4 is 45.9 Å². The third-order valence-electron chi connectivity index (χ3n) is 13.3. The Labute approximate surface area is 356 Å². The van der Waals surface area contributed by atoms with E-state index in [2.05, 4.69) is 58.1 Å². The number of Topliss-reactive ketones (excluding diaryl/α,β-unsaturated/α-hetero) is 2. The van der Waals surface area contributed by atoms with Gasteiger partial charge in [0, 0.05) is 48.0 Å². The summed E-state index contributed by atoms with van der Waals surface area (Å²) in [6, 6.07) is 13.6. The summed E-state index contributed by atoms with van der Waals surface area (Å²) in [5, 5.41) is 7.70. The second-order valence-corrected chi connectivity index (χ2v) is 17.7. The van der Waals surface area contributed by atoms with Crippen LogP contribution in [0.15, 0.2) is 53.7 Å². The van der Waals surface area contributed by atoms with Crippen LogP contribution < -0.4 is 15.4 Å². The van der Waals surface area contributed by atoms with E-state index in [0.29, 0.717) is 32.5 Å². The minimum atomic E-state index is -0.672. The van der Waals surface area contributed by atoms with Gasteiger partial charge in [-0.3, -0.25) is 14.6 Å². The highest BCUT2D eigenvalue weighted by Crippen LogP contribution is 2.47. The van der Waals surface area contributed by atoms with Crippen molar-refractivity contribution < 1.29 is 38.1 Å². The summed E-state index contributed by atoms with van der Waals surface area (Å²) in [6.45, 7) is 10.7. The molecule has 322 valence electrons. The molecule has 8 rings (SSSR count). The number of nitrogens with one attached hydrogen (secondary N) is 3. The molecule has 3 heterocycles. The van der Waals surface area contributed by atoms with Gasteiger partial charge in [-0.05, 0) is 102 Å². The van der Waals surface area contributed by atoms with Crippen molar-refractivity contribution in [2.75, 3.05) is 20.8 Å². The Hall–Kier alpha value is -5.56. The fourth-order valence-corrected chi connectivity index (χ4v) is 10.2. The van der Waals surface area contributed by atoms with Crippen LogP contribution in [0.4, 0.5) is 15.3 Å². The number of imidazole rings is 1. The van der Waals surface area contributed by atoms with Gasteiger partial charge in [0.05, 0.1) is 50.0 Å². The number of aliphatic imine (C=N–C) groups is 1. The van der Waals surface area contributed by atoms with Crippen molar-refractivity contribution in [1.82, 2.24) is 20.6 Å². The molecule has 13 nitrogen and oxygen atoms in total. The van der Waals surface area contributed by atoms with Gasteiger partial charge in [0.15, 0.2) is 11.6 Å². The second-order valence-electron chi connectivity index (χ2n) is 17.7. The molecule has 7 atom stereocenters. The normalized spacial score (nSPS) is 22.5. The number of fused-ring (bicyclic) bond motifs is 6. The van der Waals surface area contributed by atoms with Crippen LogP contribution in [0, 0.1) is 29.6 Å². The molecular formula is C48H57N5O8. The SMILES string of the molecule is CCO[C@@H]1CC(C(=O)[C@@H](NC(=O)OC)C(C)C)[C@H](C2=Nc3ccc4cc5c(cc4c3C2)OCc2cc(-c3cnc([C@@H]4CCCC4C(=O)[C@@H](NC(=O)OC)C(C)C)[nH]3)ccc2-5)C1. The Balaban J connectivity index is 1.01. The monoisotopic (exact) mass is 831 g/mol. The van der Waals surface area contributed by atoms with Crippen LogP contribution in [0.1, 0.15) is 89.6 Å². The van der Waals surface area contributed by atoms with E-state index in [0.717, 1.165) is 86.5 Å². The number of rotatable bonds is 13. The molecule has 3 aromatic carbocycles. The van der Waals surface area contributed by atoms with Crippen LogP contribution in [0.5, 0.6) is 5.75 Å². The lowest BCUT2D eigenvalue weighted by molar-refractivity contribution is -0.127. The van der Waals surface area contributed by atoms with E-state index in [-0.39, 0.29) is 53.2 Å². The highest BCUT2D eigenvalue weighted by Gasteiger charge is 2.46. The molecule has 0 bridgehead atoms. The molecule has 0 spiro atoms. The average molecular weight is 832 g/mol. The first-order valence-electron chi connectivity index (χ1n) is 21.7. The largest absolute Gasteiger partial charge is 0.488 e. The molecule has 2 aliphatic heterocycles. The van der Waals surface area contributed by atoms with Crippen molar-refractivity contribution in [2.24, 2.45) is 34.6 Å². The summed E-state index contributed by atoms with van der Waals surface area (Å²) in [6.07, 6.45) is 4.98. The van der Waals surface area contributed by atoms with E-state index >= 15 is 0 Å². The van der Waals surface area contributed by atoms with E-state index in [4.69, 9.17) is 28.9 Å². The van der Waals surface area contributed by atoms with Gasteiger partial charge in [-0.15, -0.1) is 0 Å². The topological polar surface area (TPSA) is 170 Å². The van der Waals surface area contributed by atoms with Gasteiger partial charge in [-0.2, -0.15) is 0 Å². The number of methoxy groups -OCH3 is 2. The lowest BCUT2D eigenvalue weighted by Gasteiger charge is -2.26. The number of hydrogen-bond donors (Lipinski definition) is 3. The molecule has 3 N–H and O–H groups in total. The molecule has 2 fully saturated rings. The number of amides is 2. The standard InChI is InChI=1S/C48H57N5O8/c1-8-60-29-18-34(37(19-29)45(55)43(25(4)5)53-48(57)59-7)39-20-35-33-21-41-36(17-26(33)13-15-38(35)50-39)30-14-12-27(16-28(30)23-61-41)40-22-49-46(51-40)32-11-9-10-31(32)44(54)42(24(2)3)52-47(56)58-6/h12-17,21-22,24-25,29,31-32,34,37,42-43H,8-11,18-20,23H2,1-7H3,(H,49,51)(H,52,56)(H,53,57)/t29-,31?,32+,34+,37?,42-,43-/m0/s1. The van der Waals surface area contributed by atoms with Crippen LogP contribution in [0.3, 0.4) is 0 Å². The van der Waals surface area contributed by atoms with E-state index in [1.807, 2.05) is 40.8 Å². The summed E-state index contributed by atoms with van der Waals surface area (Å²) in [5.74, 6) is 0.677. The molecule has 2 amide bonds. The van der Waals surface area contributed by atoms with Gasteiger partial charge in [0.2, 0.25) is 0 Å². The molecule has 2 aliphatic carbocycles. The Morgan fingerprint density at radius 2 is 1.57 bits per heavy atom. The minimum absolute atomic E-state index is 0.00560. The molecule has 13 heteroatoms. The minimum Gasteiger partial charge on any atom is -0.488 e. The first-order chi connectivity index (χ1) is 29.4. The Morgan fingerprint density at radius 3 is 2.26 bits per heavy atom. The maximum Gasteiger partial charge on any atom is 0.407 e. The van der Waals surface area contributed by atoms with E-state index in [1.54, 1.807) is 0 Å². The lowest BCUT2D eigenvalue weighted by atomic mass is 9.81.